The minimum Gasteiger partial charge on any atom is -0.444 e. The third-order valence-electron chi connectivity index (χ3n) is 3.81. The normalized spacial score (nSPS) is 19.9. The van der Waals surface area contributed by atoms with Crippen molar-refractivity contribution in [2.24, 2.45) is 5.92 Å². The van der Waals surface area contributed by atoms with Gasteiger partial charge in [-0.1, -0.05) is 0 Å². The topological polar surface area (TPSA) is 53.8 Å². The molecule has 3 rings (SSSR count). The van der Waals surface area contributed by atoms with Gasteiger partial charge in [-0.3, -0.25) is 9.59 Å². The quantitative estimate of drug-likeness (QED) is 0.828. The van der Waals surface area contributed by atoms with Crippen molar-refractivity contribution in [3.63, 3.8) is 0 Å². The molecule has 1 saturated heterocycles. The molecule has 0 atom stereocenters. The Bertz CT molecular complexity index is 524. The van der Waals surface area contributed by atoms with E-state index in [2.05, 4.69) is 15.9 Å². The minimum absolute atomic E-state index is 0.101. The number of carbonyl (C=O) groups is 2. The first-order chi connectivity index (χ1) is 9.65. The summed E-state index contributed by atoms with van der Waals surface area (Å²) in [7, 11) is 0. The molecular formula is C14H17BrN2O3. The van der Waals surface area contributed by atoms with Gasteiger partial charge in [0, 0.05) is 32.1 Å². The van der Waals surface area contributed by atoms with Gasteiger partial charge < -0.3 is 14.2 Å². The van der Waals surface area contributed by atoms with Crippen LogP contribution < -0.4 is 0 Å². The van der Waals surface area contributed by atoms with Gasteiger partial charge >= 0.3 is 0 Å². The molecule has 1 aliphatic heterocycles. The van der Waals surface area contributed by atoms with Crippen molar-refractivity contribution in [1.82, 2.24) is 9.80 Å². The second-order valence-electron chi connectivity index (χ2n) is 5.35. The summed E-state index contributed by atoms with van der Waals surface area (Å²) in [5.74, 6) is 0.758. The fourth-order valence-electron chi connectivity index (χ4n) is 2.51. The fraction of sp³-hybridized carbons (Fsp3) is 0.571. The molecule has 5 nitrogen and oxygen atoms in total. The van der Waals surface area contributed by atoms with E-state index in [0.29, 0.717) is 30.1 Å². The molecule has 0 unspecified atom stereocenters. The Morgan fingerprint density at radius 3 is 2.45 bits per heavy atom. The highest BCUT2D eigenvalue weighted by atomic mass is 79.9. The van der Waals surface area contributed by atoms with Gasteiger partial charge in [-0.05, 0) is 47.3 Å². The van der Waals surface area contributed by atoms with Crippen LogP contribution in [-0.2, 0) is 4.79 Å². The summed E-state index contributed by atoms with van der Waals surface area (Å²) in [4.78, 5) is 28.0. The van der Waals surface area contributed by atoms with Crippen molar-refractivity contribution in [3.05, 3.63) is 22.6 Å². The number of furan rings is 1. The molecule has 0 N–H and O–H groups in total. The Kier molecular flexibility index (Phi) is 3.83. The first-order valence-electron chi connectivity index (χ1n) is 6.98. The molecule has 2 amide bonds. The van der Waals surface area contributed by atoms with E-state index in [4.69, 9.17) is 4.42 Å². The molecule has 0 spiro atoms. The zero-order chi connectivity index (χ0) is 14.1. The predicted octanol–water partition coefficient (Wildman–Crippen LogP) is 2.13. The third-order valence-corrected chi connectivity index (χ3v) is 4.23. The van der Waals surface area contributed by atoms with Crippen molar-refractivity contribution in [2.75, 3.05) is 26.2 Å². The van der Waals surface area contributed by atoms with E-state index in [-0.39, 0.29) is 17.7 Å². The van der Waals surface area contributed by atoms with Crippen LogP contribution in [0.1, 0.15) is 29.8 Å². The predicted molar refractivity (Wildman–Crippen MR) is 76.2 cm³/mol. The second kappa shape index (κ2) is 5.60. The lowest BCUT2D eigenvalue weighted by molar-refractivity contribution is -0.132. The number of carbonyl (C=O) groups excluding carboxylic acids is 2. The van der Waals surface area contributed by atoms with E-state index < -0.39 is 0 Å². The zero-order valence-corrected chi connectivity index (χ0v) is 12.8. The van der Waals surface area contributed by atoms with E-state index in [1.54, 1.807) is 17.0 Å². The highest BCUT2D eigenvalue weighted by Crippen LogP contribution is 2.31. The number of amides is 2. The molecule has 0 bridgehead atoms. The SMILES string of the molecule is O=C(c1ccc(Br)o1)N1CCCN(C(=O)C2CC2)CC1. The van der Waals surface area contributed by atoms with Gasteiger partial charge in [0.05, 0.1) is 0 Å². The van der Waals surface area contributed by atoms with Gasteiger partial charge in [-0.15, -0.1) is 0 Å². The monoisotopic (exact) mass is 340 g/mol. The largest absolute Gasteiger partial charge is 0.444 e. The maximum absolute atomic E-state index is 12.3. The molecule has 0 radical (unpaired) electrons. The average molecular weight is 341 g/mol. The van der Waals surface area contributed by atoms with Crippen LogP contribution in [0.25, 0.3) is 0 Å². The van der Waals surface area contributed by atoms with Crippen LogP contribution in [-0.4, -0.2) is 47.8 Å². The molecule has 20 heavy (non-hydrogen) atoms. The Labute approximate surface area is 126 Å². The van der Waals surface area contributed by atoms with Crippen molar-refractivity contribution >= 4 is 27.7 Å². The lowest BCUT2D eigenvalue weighted by atomic mass is 10.3. The lowest BCUT2D eigenvalue weighted by Gasteiger charge is -2.21. The molecule has 6 heteroatoms. The molecule has 1 aromatic rings. The van der Waals surface area contributed by atoms with Crippen LogP contribution in [0.2, 0.25) is 0 Å². The summed E-state index contributed by atoms with van der Waals surface area (Å²) in [6.45, 7) is 2.63. The molecule has 108 valence electrons. The van der Waals surface area contributed by atoms with E-state index in [0.717, 1.165) is 25.8 Å². The van der Waals surface area contributed by atoms with Gasteiger partial charge in [0.15, 0.2) is 10.4 Å². The fourth-order valence-corrected chi connectivity index (χ4v) is 2.82. The Hall–Kier alpha value is -1.30. The molecule has 1 saturated carbocycles. The first-order valence-corrected chi connectivity index (χ1v) is 7.78. The summed E-state index contributed by atoms with van der Waals surface area (Å²) in [6.07, 6.45) is 2.88. The van der Waals surface area contributed by atoms with Crippen molar-refractivity contribution < 1.29 is 14.0 Å². The maximum atomic E-state index is 12.3. The van der Waals surface area contributed by atoms with Crippen molar-refractivity contribution in [2.45, 2.75) is 19.3 Å². The molecule has 2 fully saturated rings. The molecule has 2 heterocycles. The summed E-state index contributed by atoms with van der Waals surface area (Å²) in [5, 5.41) is 0. The standard InChI is InChI=1S/C14H17BrN2O3/c15-12-5-4-11(20-12)14(19)17-7-1-6-16(8-9-17)13(18)10-2-3-10/h4-5,10H,1-3,6-9H2. The average Bonchev–Trinajstić information content (AvgIpc) is 3.23. The summed E-state index contributed by atoms with van der Waals surface area (Å²) in [6, 6.07) is 3.39. The maximum Gasteiger partial charge on any atom is 0.289 e. The molecule has 1 aromatic heterocycles. The molecular weight excluding hydrogens is 324 g/mol. The van der Waals surface area contributed by atoms with Crippen molar-refractivity contribution in [3.8, 4) is 0 Å². The van der Waals surface area contributed by atoms with Gasteiger partial charge in [-0.2, -0.15) is 0 Å². The number of nitrogens with zero attached hydrogens (tertiary/aromatic N) is 2. The van der Waals surface area contributed by atoms with Gasteiger partial charge in [0.2, 0.25) is 5.91 Å². The van der Waals surface area contributed by atoms with Crippen molar-refractivity contribution in [1.29, 1.82) is 0 Å². The van der Waals surface area contributed by atoms with Crippen LogP contribution >= 0.6 is 15.9 Å². The summed E-state index contributed by atoms with van der Waals surface area (Å²) >= 11 is 3.20. The number of rotatable bonds is 2. The molecule has 0 aromatic carbocycles. The Balaban J connectivity index is 1.61. The minimum atomic E-state index is -0.101. The smallest absolute Gasteiger partial charge is 0.289 e. The number of hydrogen-bond donors (Lipinski definition) is 0. The van der Waals surface area contributed by atoms with Gasteiger partial charge in [0.1, 0.15) is 0 Å². The van der Waals surface area contributed by atoms with E-state index in [1.807, 2.05) is 4.90 Å². The van der Waals surface area contributed by atoms with Gasteiger partial charge in [0.25, 0.3) is 5.91 Å². The van der Waals surface area contributed by atoms with E-state index >= 15 is 0 Å². The highest BCUT2D eigenvalue weighted by Gasteiger charge is 2.34. The van der Waals surface area contributed by atoms with Crippen LogP contribution in [0, 0.1) is 5.92 Å². The molecule has 1 aliphatic carbocycles. The van der Waals surface area contributed by atoms with Crippen LogP contribution in [0.15, 0.2) is 21.2 Å². The second-order valence-corrected chi connectivity index (χ2v) is 6.13. The lowest BCUT2D eigenvalue weighted by Crippen LogP contribution is -2.37. The van der Waals surface area contributed by atoms with Crippen LogP contribution in [0.3, 0.4) is 0 Å². The Morgan fingerprint density at radius 2 is 1.80 bits per heavy atom. The number of hydrogen-bond acceptors (Lipinski definition) is 3. The van der Waals surface area contributed by atoms with Crippen LogP contribution in [0.5, 0.6) is 0 Å². The Morgan fingerprint density at radius 1 is 1.10 bits per heavy atom. The highest BCUT2D eigenvalue weighted by molar-refractivity contribution is 9.10. The van der Waals surface area contributed by atoms with Gasteiger partial charge in [-0.25, -0.2) is 0 Å². The summed E-state index contributed by atoms with van der Waals surface area (Å²) < 4.78 is 5.86. The van der Waals surface area contributed by atoms with E-state index in [9.17, 15) is 9.59 Å². The van der Waals surface area contributed by atoms with Crippen LogP contribution in [0.4, 0.5) is 0 Å². The third kappa shape index (κ3) is 2.90. The van der Waals surface area contributed by atoms with E-state index in [1.165, 1.54) is 0 Å². The number of halogens is 1. The summed E-state index contributed by atoms with van der Waals surface area (Å²) in [5.41, 5.74) is 0. The first kappa shape index (κ1) is 13.7. The molecule has 2 aliphatic rings. The zero-order valence-electron chi connectivity index (χ0n) is 11.2.